The molecular formula is C15H9BrClNOS2. The quantitative estimate of drug-likeness (QED) is 0.418. The minimum Gasteiger partial charge on any atom is -0.293 e. The molecule has 106 valence electrons. The highest BCUT2D eigenvalue weighted by Gasteiger charge is 2.12. The summed E-state index contributed by atoms with van der Waals surface area (Å²) < 4.78 is 2.79. The summed E-state index contributed by atoms with van der Waals surface area (Å²) in [7, 11) is 0. The summed E-state index contributed by atoms with van der Waals surface area (Å²) in [4.78, 5) is 16.7. The van der Waals surface area contributed by atoms with Gasteiger partial charge in [0, 0.05) is 15.1 Å². The number of aromatic nitrogens is 1. The van der Waals surface area contributed by atoms with E-state index in [1.807, 2.05) is 42.5 Å². The summed E-state index contributed by atoms with van der Waals surface area (Å²) in [5, 5.41) is 0.675. The number of halogens is 2. The number of thioether (sulfide) groups is 1. The molecule has 0 atom stereocenters. The number of benzene rings is 2. The van der Waals surface area contributed by atoms with Gasteiger partial charge in [-0.05, 0) is 24.3 Å². The van der Waals surface area contributed by atoms with E-state index in [4.69, 9.17) is 11.6 Å². The Morgan fingerprint density at radius 2 is 2.10 bits per heavy atom. The third kappa shape index (κ3) is 3.48. The van der Waals surface area contributed by atoms with Gasteiger partial charge in [-0.15, -0.1) is 11.3 Å². The van der Waals surface area contributed by atoms with Crippen LogP contribution in [0.15, 0.2) is 51.3 Å². The lowest BCUT2D eigenvalue weighted by Crippen LogP contribution is -2.02. The van der Waals surface area contributed by atoms with Gasteiger partial charge < -0.3 is 0 Å². The Morgan fingerprint density at radius 1 is 1.29 bits per heavy atom. The Balaban J connectivity index is 1.74. The molecule has 0 amide bonds. The SMILES string of the molecule is O=C(CSc1nc2cc(Cl)ccc2s1)c1ccccc1Br. The maximum absolute atomic E-state index is 12.2. The highest BCUT2D eigenvalue weighted by atomic mass is 79.9. The van der Waals surface area contributed by atoms with Crippen LogP contribution in [0.5, 0.6) is 0 Å². The molecule has 0 fully saturated rings. The van der Waals surface area contributed by atoms with E-state index in [9.17, 15) is 4.79 Å². The van der Waals surface area contributed by atoms with E-state index < -0.39 is 0 Å². The fourth-order valence-corrected chi connectivity index (χ4v) is 4.44. The highest BCUT2D eigenvalue weighted by Crippen LogP contribution is 2.31. The molecule has 0 aliphatic rings. The molecule has 2 nitrogen and oxygen atoms in total. The standard InChI is InChI=1S/C15H9BrClNOS2/c16-11-4-2-1-3-10(11)13(19)8-20-15-18-12-7-9(17)5-6-14(12)21-15/h1-7H,8H2. The number of Topliss-reactive ketones (excluding diaryl/α,β-unsaturated/α-hetero) is 1. The van der Waals surface area contributed by atoms with Crippen molar-refractivity contribution >= 4 is 66.6 Å². The van der Waals surface area contributed by atoms with Gasteiger partial charge in [-0.2, -0.15) is 0 Å². The van der Waals surface area contributed by atoms with Gasteiger partial charge in [0.25, 0.3) is 0 Å². The molecule has 3 aromatic rings. The zero-order valence-corrected chi connectivity index (χ0v) is 14.7. The van der Waals surface area contributed by atoms with Gasteiger partial charge in [0.2, 0.25) is 0 Å². The van der Waals surface area contributed by atoms with Crippen LogP contribution in [0.4, 0.5) is 0 Å². The van der Waals surface area contributed by atoms with E-state index in [-0.39, 0.29) is 5.78 Å². The Morgan fingerprint density at radius 3 is 2.90 bits per heavy atom. The number of thiazole rings is 1. The molecule has 0 saturated carbocycles. The molecule has 0 unspecified atom stereocenters. The lowest BCUT2D eigenvalue weighted by molar-refractivity contribution is 0.102. The van der Waals surface area contributed by atoms with Crippen molar-refractivity contribution in [2.45, 2.75) is 4.34 Å². The second kappa shape index (κ2) is 6.48. The average Bonchev–Trinajstić information content (AvgIpc) is 2.87. The first kappa shape index (κ1) is 15.0. The topological polar surface area (TPSA) is 30.0 Å². The second-order valence-electron chi connectivity index (χ2n) is 4.28. The summed E-state index contributed by atoms with van der Waals surface area (Å²) >= 11 is 12.4. The highest BCUT2D eigenvalue weighted by molar-refractivity contribution is 9.10. The maximum Gasteiger partial charge on any atom is 0.174 e. The number of carbonyl (C=O) groups is 1. The molecule has 0 radical (unpaired) electrons. The summed E-state index contributed by atoms with van der Waals surface area (Å²) in [5.41, 5.74) is 1.58. The molecule has 2 aromatic carbocycles. The Bertz CT molecular complexity index is 818. The summed E-state index contributed by atoms with van der Waals surface area (Å²) in [6.45, 7) is 0. The van der Waals surface area contributed by atoms with Crippen LogP contribution in [0, 0.1) is 0 Å². The predicted octanol–water partition coefficient (Wildman–Crippen LogP) is 5.69. The van der Waals surface area contributed by atoms with E-state index in [1.165, 1.54) is 11.8 Å². The van der Waals surface area contributed by atoms with Crippen molar-refractivity contribution in [3.63, 3.8) is 0 Å². The fraction of sp³-hybridized carbons (Fsp3) is 0.0667. The van der Waals surface area contributed by atoms with Crippen molar-refractivity contribution in [3.8, 4) is 0 Å². The van der Waals surface area contributed by atoms with E-state index in [1.54, 1.807) is 11.3 Å². The predicted molar refractivity (Wildman–Crippen MR) is 93.8 cm³/mol. The van der Waals surface area contributed by atoms with Gasteiger partial charge >= 0.3 is 0 Å². The largest absolute Gasteiger partial charge is 0.293 e. The molecule has 0 aliphatic carbocycles. The molecule has 0 bridgehead atoms. The molecule has 0 spiro atoms. The molecular weight excluding hydrogens is 390 g/mol. The van der Waals surface area contributed by atoms with Crippen LogP contribution >= 0.6 is 50.6 Å². The Hall–Kier alpha value is -0.880. The van der Waals surface area contributed by atoms with Crippen LogP contribution in [-0.2, 0) is 0 Å². The van der Waals surface area contributed by atoms with Gasteiger partial charge in [0.1, 0.15) is 0 Å². The van der Waals surface area contributed by atoms with Crippen molar-refractivity contribution in [2.24, 2.45) is 0 Å². The van der Waals surface area contributed by atoms with Gasteiger partial charge in [-0.3, -0.25) is 4.79 Å². The van der Waals surface area contributed by atoms with Gasteiger partial charge in [0.05, 0.1) is 16.0 Å². The summed E-state index contributed by atoms with van der Waals surface area (Å²) in [6, 6.07) is 13.1. The smallest absolute Gasteiger partial charge is 0.174 e. The molecule has 0 aliphatic heterocycles. The first-order chi connectivity index (χ1) is 10.1. The van der Waals surface area contributed by atoms with Crippen LogP contribution in [-0.4, -0.2) is 16.5 Å². The van der Waals surface area contributed by atoms with Crippen molar-refractivity contribution < 1.29 is 4.79 Å². The zero-order valence-electron chi connectivity index (χ0n) is 10.7. The molecule has 1 heterocycles. The fourth-order valence-electron chi connectivity index (χ4n) is 1.83. The monoisotopic (exact) mass is 397 g/mol. The van der Waals surface area contributed by atoms with Crippen LogP contribution < -0.4 is 0 Å². The van der Waals surface area contributed by atoms with Gasteiger partial charge in [0.15, 0.2) is 10.1 Å². The van der Waals surface area contributed by atoms with E-state index in [2.05, 4.69) is 20.9 Å². The molecule has 3 rings (SSSR count). The number of fused-ring (bicyclic) bond motifs is 1. The first-order valence-electron chi connectivity index (χ1n) is 6.10. The number of carbonyl (C=O) groups excluding carboxylic acids is 1. The minimum atomic E-state index is 0.0877. The van der Waals surface area contributed by atoms with Crippen molar-refractivity contribution in [2.75, 3.05) is 5.75 Å². The second-order valence-corrected chi connectivity index (χ2v) is 7.83. The van der Waals surface area contributed by atoms with Crippen molar-refractivity contribution in [1.29, 1.82) is 0 Å². The molecule has 0 saturated heterocycles. The lowest BCUT2D eigenvalue weighted by Gasteiger charge is -2.01. The minimum absolute atomic E-state index is 0.0877. The average molecular weight is 399 g/mol. The van der Waals surface area contributed by atoms with Gasteiger partial charge in [-0.1, -0.05) is 57.5 Å². The third-order valence-corrected chi connectivity index (χ3v) is 5.94. The number of nitrogens with zero attached hydrogens (tertiary/aromatic N) is 1. The Kier molecular flexibility index (Phi) is 4.64. The van der Waals surface area contributed by atoms with Crippen LogP contribution in [0.1, 0.15) is 10.4 Å². The zero-order chi connectivity index (χ0) is 14.8. The molecule has 6 heteroatoms. The third-order valence-electron chi connectivity index (χ3n) is 2.83. The summed E-state index contributed by atoms with van der Waals surface area (Å²) in [6.07, 6.45) is 0. The Labute approximate surface area is 143 Å². The number of rotatable bonds is 4. The number of hydrogen-bond donors (Lipinski definition) is 0. The van der Waals surface area contributed by atoms with Crippen LogP contribution in [0.25, 0.3) is 10.2 Å². The maximum atomic E-state index is 12.2. The van der Waals surface area contributed by atoms with Crippen LogP contribution in [0.3, 0.4) is 0 Å². The molecule has 21 heavy (non-hydrogen) atoms. The van der Waals surface area contributed by atoms with E-state index in [0.29, 0.717) is 16.3 Å². The molecule has 0 N–H and O–H groups in total. The van der Waals surface area contributed by atoms with E-state index >= 15 is 0 Å². The van der Waals surface area contributed by atoms with Crippen molar-refractivity contribution in [1.82, 2.24) is 4.98 Å². The normalized spacial score (nSPS) is 11.0. The van der Waals surface area contributed by atoms with Gasteiger partial charge in [-0.25, -0.2) is 4.98 Å². The van der Waals surface area contributed by atoms with E-state index in [0.717, 1.165) is 19.0 Å². The molecule has 1 aromatic heterocycles. The summed E-state index contributed by atoms with van der Waals surface area (Å²) in [5.74, 6) is 0.459. The number of ketones is 1. The lowest BCUT2D eigenvalue weighted by atomic mass is 10.1. The number of hydrogen-bond acceptors (Lipinski definition) is 4. The van der Waals surface area contributed by atoms with Crippen molar-refractivity contribution in [3.05, 3.63) is 57.5 Å². The first-order valence-corrected chi connectivity index (χ1v) is 9.07. The van der Waals surface area contributed by atoms with Crippen LogP contribution in [0.2, 0.25) is 5.02 Å².